The van der Waals surface area contributed by atoms with E-state index in [0.717, 1.165) is 0 Å². The Bertz CT molecular complexity index is 1390. The van der Waals surface area contributed by atoms with Crippen LogP contribution in [0.25, 0.3) is 5.69 Å². The molecule has 4 heterocycles. The van der Waals surface area contributed by atoms with Gasteiger partial charge in [-0.05, 0) is 49.8 Å². The average molecular weight is 562 g/mol. The summed E-state index contributed by atoms with van der Waals surface area (Å²) in [6.45, 7) is 3.41. The highest BCUT2D eigenvalue weighted by molar-refractivity contribution is 5.74. The van der Waals surface area contributed by atoms with Crippen LogP contribution in [0.2, 0.25) is 0 Å². The van der Waals surface area contributed by atoms with Crippen LogP contribution < -0.4 is 25.4 Å². The number of aryl methyl sites for hydroxylation is 1. The molecule has 2 saturated heterocycles. The van der Waals surface area contributed by atoms with E-state index < -0.39 is 24.3 Å². The number of piperidine rings is 1. The number of methoxy groups -OCH3 is 1. The largest absolute Gasteiger partial charge is 0.497 e. The number of anilines is 2. The molecule has 11 nitrogen and oxygen atoms in total. The van der Waals surface area contributed by atoms with Gasteiger partial charge in [0.05, 0.1) is 18.5 Å². The molecule has 0 unspecified atom stereocenters. The zero-order valence-electron chi connectivity index (χ0n) is 22.0. The highest BCUT2D eigenvalue weighted by Gasteiger charge is 2.46. The van der Waals surface area contributed by atoms with Crippen molar-refractivity contribution in [3.63, 3.8) is 0 Å². The molecule has 2 aromatic heterocycles. The first-order valence-corrected chi connectivity index (χ1v) is 12.8. The Balaban J connectivity index is 1.41. The molecule has 0 saturated carbocycles. The zero-order chi connectivity index (χ0) is 28.7. The minimum atomic E-state index is -4.81. The number of aliphatic carboxylic acids is 1. The van der Waals surface area contributed by atoms with Crippen LogP contribution in [0.3, 0.4) is 0 Å². The SMILES string of the molecule is COc1ccc([C@@H](Oc2cc(N3CCC4(CC3)CN[C@H](C(=O)O)C4)nc(N)n2)C(F)(F)F)c(-n2ccc(C)n2)c1. The summed E-state index contributed by atoms with van der Waals surface area (Å²) in [5, 5.41) is 16.7. The maximum atomic E-state index is 14.5. The van der Waals surface area contributed by atoms with Gasteiger partial charge in [-0.2, -0.15) is 28.2 Å². The lowest BCUT2D eigenvalue weighted by Crippen LogP contribution is -2.41. The van der Waals surface area contributed by atoms with E-state index >= 15 is 0 Å². The third-order valence-electron chi connectivity index (χ3n) is 7.54. The standard InChI is InChI=1S/C26H30F3N7O4/c1-15-5-8-36(34-15)19-11-16(39-2)3-4-17(19)22(26(27,28)29)40-21-12-20(32-24(30)33-21)35-9-6-25(7-10-35)13-18(23(37)38)31-14-25/h3-5,8,11-12,18,22,31H,6-7,9-10,13-14H2,1-2H3,(H,37,38)(H2,30,32,33)/t18-,22+/m0/s1. The summed E-state index contributed by atoms with van der Waals surface area (Å²) < 4.78 is 55.5. The fourth-order valence-corrected chi connectivity index (χ4v) is 5.38. The minimum Gasteiger partial charge on any atom is -0.497 e. The number of nitrogen functional groups attached to an aromatic ring is 1. The van der Waals surface area contributed by atoms with Gasteiger partial charge in [0.1, 0.15) is 17.6 Å². The normalized spacial score (nSPS) is 19.5. The fraction of sp³-hybridized carbons (Fsp3) is 0.462. The highest BCUT2D eigenvalue weighted by Crippen LogP contribution is 2.42. The number of benzene rings is 1. The summed E-state index contributed by atoms with van der Waals surface area (Å²) in [6, 6.07) is 6.62. The number of alkyl halides is 3. The zero-order valence-corrected chi connectivity index (χ0v) is 22.0. The summed E-state index contributed by atoms with van der Waals surface area (Å²) >= 11 is 0. The van der Waals surface area contributed by atoms with E-state index in [1.54, 1.807) is 19.2 Å². The van der Waals surface area contributed by atoms with Crippen LogP contribution in [0, 0.1) is 12.3 Å². The summed E-state index contributed by atoms with van der Waals surface area (Å²) in [6.07, 6.45) is -3.70. The molecule has 0 radical (unpaired) electrons. The molecule has 1 spiro atoms. The molecular weight excluding hydrogens is 531 g/mol. The Morgan fingerprint density at radius 2 is 1.98 bits per heavy atom. The molecule has 4 N–H and O–H groups in total. The Labute approximate surface area is 228 Å². The maximum Gasteiger partial charge on any atom is 0.429 e. The van der Waals surface area contributed by atoms with E-state index in [0.29, 0.717) is 56.2 Å². The van der Waals surface area contributed by atoms with Gasteiger partial charge < -0.3 is 30.5 Å². The second-order valence-electron chi connectivity index (χ2n) is 10.3. The number of aromatic nitrogens is 4. The number of halogens is 3. The quantitative estimate of drug-likeness (QED) is 0.394. The van der Waals surface area contributed by atoms with E-state index in [1.165, 1.54) is 36.1 Å². The number of hydrogen-bond acceptors (Lipinski definition) is 9. The number of ether oxygens (including phenoxy) is 2. The number of nitrogens with two attached hydrogens (primary N) is 1. The Kier molecular flexibility index (Phi) is 7.21. The van der Waals surface area contributed by atoms with E-state index in [1.807, 2.05) is 4.90 Å². The maximum absolute atomic E-state index is 14.5. The van der Waals surface area contributed by atoms with Crippen molar-refractivity contribution in [2.45, 2.75) is 44.5 Å². The molecule has 3 aromatic rings. The van der Waals surface area contributed by atoms with Crippen molar-refractivity contribution in [1.82, 2.24) is 25.1 Å². The Morgan fingerprint density at radius 1 is 1.23 bits per heavy atom. The average Bonchev–Trinajstić information content (AvgIpc) is 3.53. The Hall–Kier alpha value is -4.07. The van der Waals surface area contributed by atoms with E-state index in [2.05, 4.69) is 20.4 Å². The van der Waals surface area contributed by atoms with Crippen molar-refractivity contribution in [3.8, 4) is 17.3 Å². The Morgan fingerprint density at radius 3 is 2.58 bits per heavy atom. The van der Waals surface area contributed by atoms with Crippen molar-refractivity contribution < 1.29 is 32.5 Å². The summed E-state index contributed by atoms with van der Waals surface area (Å²) in [4.78, 5) is 21.5. The third-order valence-corrected chi connectivity index (χ3v) is 7.54. The van der Waals surface area contributed by atoms with Crippen LogP contribution in [0.15, 0.2) is 36.5 Å². The van der Waals surface area contributed by atoms with Gasteiger partial charge in [-0.15, -0.1) is 0 Å². The van der Waals surface area contributed by atoms with Crippen LogP contribution in [-0.2, 0) is 4.79 Å². The first-order chi connectivity index (χ1) is 19.0. The number of nitrogens with zero attached hydrogens (tertiary/aromatic N) is 5. The van der Waals surface area contributed by atoms with Crippen LogP contribution in [0.5, 0.6) is 11.6 Å². The molecule has 5 rings (SSSR count). The van der Waals surface area contributed by atoms with E-state index in [-0.39, 0.29) is 28.5 Å². The predicted octanol–water partition coefficient (Wildman–Crippen LogP) is 3.28. The first-order valence-electron chi connectivity index (χ1n) is 12.8. The van der Waals surface area contributed by atoms with Crippen molar-refractivity contribution in [1.29, 1.82) is 0 Å². The van der Waals surface area contributed by atoms with Crippen molar-refractivity contribution in [2.75, 3.05) is 37.4 Å². The molecule has 0 aliphatic carbocycles. The molecule has 2 aliphatic rings. The molecule has 1 aromatic carbocycles. The van der Waals surface area contributed by atoms with Crippen LogP contribution in [0.4, 0.5) is 24.9 Å². The molecule has 0 bridgehead atoms. The molecule has 214 valence electrons. The molecule has 2 fully saturated rings. The van der Waals surface area contributed by atoms with Gasteiger partial charge in [-0.1, -0.05) is 0 Å². The van der Waals surface area contributed by atoms with Crippen LogP contribution in [-0.4, -0.2) is 69.8 Å². The predicted molar refractivity (Wildman–Crippen MR) is 139 cm³/mol. The molecule has 40 heavy (non-hydrogen) atoms. The first kappa shape index (κ1) is 27.5. The monoisotopic (exact) mass is 561 g/mol. The van der Waals surface area contributed by atoms with Gasteiger partial charge in [-0.3, -0.25) is 4.79 Å². The third kappa shape index (κ3) is 5.62. The summed E-state index contributed by atoms with van der Waals surface area (Å²) in [5.41, 5.74) is 6.34. The van der Waals surface area contributed by atoms with Gasteiger partial charge in [0, 0.05) is 43.5 Å². The van der Waals surface area contributed by atoms with Gasteiger partial charge in [0.25, 0.3) is 0 Å². The second-order valence-corrected chi connectivity index (χ2v) is 10.3. The van der Waals surface area contributed by atoms with Crippen LogP contribution in [0.1, 0.15) is 36.6 Å². The van der Waals surface area contributed by atoms with Crippen molar-refractivity contribution in [3.05, 3.63) is 47.8 Å². The van der Waals surface area contributed by atoms with Gasteiger partial charge in [-0.25, -0.2) is 4.68 Å². The summed E-state index contributed by atoms with van der Waals surface area (Å²) in [5.74, 6) is -0.712. The van der Waals surface area contributed by atoms with E-state index in [9.17, 15) is 23.1 Å². The smallest absolute Gasteiger partial charge is 0.429 e. The van der Waals surface area contributed by atoms with Crippen molar-refractivity contribution >= 4 is 17.7 Å². The number of nitrogens with one attached hydrogen (secondary N) is 1. The molecule has 2 aliphatic heterocycles. The number of carbonyl (C=O) groups is 1. The van der Waals surface area contributed by atoms with Crippen LogP contribution >= 0.6 is 0 Å². The minimum absolute atomic E-state index is 0.142. The fourth-order valence-electron chi connectivity index (χ4n) is 5.38. The van der Waals surface area contributed by atoms with E-state index in [4.69, 9.17) is 15.2 Å². The van der Waals surface area contributed by atoms with Gasteiger partial charge >= 0.3 is 12.1 Å². The molecule has 0 amide bonds. The van der Waals surface area contributed by atoms with Crippen molar-refractivity contribution in [2.24, 2.45) is 5.41 Å². The lowest BCUT2D eigenvalue weighted by Gasteiger charge is -2.39. The van der Waals surface area contributed by atoms with Gasteiger partial charge in [0.15, 0.2) is 0 Å². The lowest BCUT2D eigenvalue weighted by molar-refractivity contribution is -0.198. The molecular formula is C26H30F3N7O4. The molecule has 2 atom stereocenters. The number of hydrogen-bond donors (Lipinski definition) is 3. The summed E-state index contributed by atoms with van der Waals surface area (Å²) in [7, 11) is 1.42. The number of carboxylic acid groups (broad SMARTS) is 1. The lowest BCUT2D eigenvalue weighted by atomic mass is 9.76. The number of rotatable bonds is 7. The number of carboxylic acids is 1. The highest BCUT2D eigenvalue weighted by atomic mass is 19.4. The molecule has 14 heteroatoms. The second kappa shape index (κ2) is 10.5. The topological polar surface area (TPSA) is 141 Å². The van der Waals surface area contributed by atoms with Gasteiger partial charge in [0.2, 0.25) is 17.9 Å².